The number of nitrogens with zero attached hydrogens (tertiary/aromatic N) is 1. The number of hydrogen-bond acceptors (Lipinski definition) is 3. The SMILES string of the molecule is Cc1ccc(S(=O)(=O)NCCCN2CCCCCC2)cc1. The second kappa shape index (κ2) is 7.92. The average molecular weight is 310 g/mol. The van der Waals surface area contributed by atoms with E-state index in [1.807, 2.05) is 19.1 Å². The number of rotatable bonds is 6. The Morgan fingerprint density at radius 1 is 1.05 bits per heavy atom. The first kappa shape index (κ1) is 16.5. The van der Waals surface area contributed by atoms with Crippen molar-refractivity contribution in [3.63, 3.8) is 0 Å². The minimum atomic E-state index is -3.36. The molecular weight excluding hydrogens is 284 g/mol. The zero-order chi connectivity index (χ0) is 15.1. The lowest BCUT2D eigenvalue weighted by molar-refractivity contribution is 0.282. The van der Waals surface area contributed by atoms with Gasteiger partial charge >= 0.3 is 0 Å². The second-order valence-corrected chi connectivity index (χ2v) is 7.59. The molecule has 0 bridgehead atoms. The third kappa shape index (κ3) is 5.41. The smallest absolute Gasteiger partial charge is 0.240 e. The third-order valence-corrected chi connectivity index (χ3v) is 5.45. The van der Waals surface area contributed by atoms with Crippen LogP contribution in [-0.2, 0) is 10.0 Å². The van der Waals surface area contributed by atoms with Crippen molar-refractivity contribution < 1.29 is 8.42 Å². The molecule has 0 spiro atoms. The highest BCUT2D eigenvalue weighted by atomic mass is 32.2. The van der Waals surface area contributed by atoms with Crippen LogP contribution >= 0.6 is 0 Å². The minimum Gasteiger partial charge on any atom is -0.303 e. The number of aryl methyl sites for hydroxylation is 1. The van der Waals surface area contributed by atoms with E-state index in [-0.39, 0.29) is 0 Å². The number of hydrogen-bond donors (Lipinski definition) is 1. The van der Waals surface area contributed by atoms with Crippen molar-refractivity contribution in [2.24, 2.45) is 0 Å². The molecule has 0 amide bonds. The van der Waals surface area contributed by atoms with Gasteiger partial charge in [0.15, 0.2) is 0 Å². The molecule has 21 heavy (non-hydrogen) atoms. The van der Waals surface area contributed by atoms with Gasteiger partial charge in [-0.1, -0.05) is 30.5 Å². The Morgan fingerprint density at radius 3 is 2.29 bits per heavy atom. The molecule has 0 aliphatic carbocycles. The summed E-state index contributed by atoms with van der Waals surface area (Å²) in [6.45, 7) is 5.75. The van der Waals surface area contributed by atoms with E-state index < -0.39 is 10.0 Å². The Bertz CT molecular complexity index is 518. The highest BCUT2D eigenvalue weighted by molar-refractivity contribution is 7.89. The molecule has 1 saturated heterocycles. The van der Waals surface area contributed by atoms with E-state index in [4.69, 9.17) is 0 Å². The highest BCUT2D eigenvalue weighted by Crippen LogP contribution is 2.11. The molecule has 2 rings (SSSR count). The molecule has 118 valence electrons. The predicted molar refractivity (Wildman–Crippen MR) is 85.9 cm³/mol. The van der Waals surface area contributed by atoms with Gasteiger partial charge in [-0.2, -0.15) is 0 Å². The van der Waals surface area contributed by atoms with Crippen molar-refractivity contribution in [1.82, 2.24) is 9.62 Å². The first-order valence-corrected chi connectivity index (χ1v) is 9.35. The predicted octanol–water partition coefficient (Wildman–Crippen LogP) is 2.54. The van der Waals surface area contributed by atoms with E-state index in [0.717, 1.165) is 31.6 Å². The summed E-state index contributed by atoms with van der Waals surface area (Å²) in [5, 5.41) is 0. The van der Waals surface area contributed by atoms with Gasteiger partial charge in [0.25, 0.3) is 0 Å². The molecule has 0 saturated carbocycles. The van der Waals surface area contributed by atoms with Gasteiger partial charge in [0, 0.05) is 6.54 Å². The number of sulfonamides is 1. The van der Waals surface area contributed by atoms with Crippen molar-refractivity contribution in [2.45, 2.75) is 43.9 Å². The van der Waals surface area contributed by atoms with Gasteiger partial charge in [0.05, 0.1) is 4.90 Å². The molecule has 0 unspecified atom stereocenters. The molecule has 1 N–H and O–H groups in total. The molecule has 5 heteroatoms. The molecule has 1 aromatic rings. The fraction of sp³-hybridized carbons (Fsp3) is 0.625. The van der Waals surface area contributed by atoms with Crippen LogP contribution in [0.4, 0.5) is 0 Å². The number of nitrogens with one attached hydrogen (secondary N) is 1. The van der Waals surface area contributed by atoms with Crippen LogP contribution in [0.2, 0.25) is 0 Å². The average Bonchev–Trinajstić information content (AvgIpc) is 2.73. The summed E-state index contributed by atoms with van der Waals surface area (Å²) in [5.41, 5.74) is 1.06. The third-order valence-electron chi connectivity index (χ3n) is 3.97. The summed E-state index contributed by atoms with van der Waals surface area (Å²) in [7, 11) is -3.36. The van der Waals surface area contributed by atoms with Crippen molar-refractivity contribution >= 4 is 10.0 Å². The lowest BCUT2D eigenvalue weighted by Crippen LogP contribution is -2.30. The molecule has 1 aliphatic heterocycles. The van der Waals surface area contributed by atoms with E-state index >= 15 is 0 Å². The van der Waals surface area contributed by atoms with Crippen LogP contribution < -0.4 is 4.72 Å². The van der Waals surface area contributed by atoms with Gasteiger partial charge in [-0.25, -0.2) is 13.1 Å². The Morgan fingerprint density at radius 2 is 1.67 bits per heavy atom. The van der Waals surface area contributed by atoms with Crippen LogP contribution in [0.1, 0.15) is 37.7 Å². The number of benzene rings is 1. The molecule has 0 atom stereocenters. The second-order valence-electron chi connectivity index (χ2n) is 5.82. The maximum atomic E-state index is 12.1. The summed E-state index contributed by atoms with van der Waals surface area (Å²) in [6.07, 6.45) is 6.07. The van der Waals surface area contributed by atoms with Crippen LogP contribution in [-0.4, -0.2) is 39.5 Å². The van der Waals surface area contributed by atoms with Crippen molar-refractivity contribution in [1.29, 1.82) is 0 Å². The largest absolute Gasteiger partial charge is 0.303 e. The lowest BCUT2D eigenvalue weighted by atomic mass is 10.2. The van der Waals surface area contributed by atoms with Gasteiger partial charge < -0.3 is 4.90 Å². The van der Waals surface area contributed by atoms with Gasteiger partial charge in [0.2, 0.25) is 10.0 Å². The van der Waals surface area contributed by atoms with Gasteiger partial charge in [0.1, 0.15) is 0 Å². The Hall–Kier alpha value is -0.910. The maximum Gasteiger partial charge on any atom is 0.240 e. The maximum absolute atomic E-state index is 12.1. The molecule has 0 aromatic heterocycles. The van der Waals surface area contributed by atoms with Crippen molar-refractivity contribution in [3.8, 4) is 0 Å². The van der Waals surface area contributed by atoms with Crippen LogP contribution in [0.3, 0.4) is 0 Å². The standard InChI is InChI=1S/C16H26N2O2S/c1-15-7-9-16(10-8-15)21(19,20)17-11-6-14-18-12-4-2-3-5-13-18/h7-10,17H,2-6,11-14H2,1H3. The van der Waals surface area contributed by atoms with Gasteiger partial charge in [-0.05, 0) is 58.0 Å². The molecule has 0 radical (unpaired) electrons. The fourth-order valence-electron chi connectivity index (χ4n) is 2.67. The first-order chi connectivity index (χ1) is 10.1. The topological polar surface area (TPSA) is 49.4 Å². The summed E-state index contributed by atoms with van der Waals surface area (Å²) in [5.74, 6) is 0. The van der Waals surface area contributed by atoms with E-state index in [0.29, 0.717) is 11.4 Å². The lowest BCUT2D eigenvalue weighted by Gasteiger charge is -2.19. The van der Waals surface area contributed by atoms with Crippen LogP contribution in [0.5, 0.6) is 0 Å². The van der Waals surface area contributed by atoms with Gasteiger partial charge in [-0.3, -0.25) is 0 Å². The number of likely N-dealkylation sites (tertiary alicyclic amines) is 1. The normalized spacial score (nSPS) is 17.6. The molecule has 1 fully saturated rings. The zero-order valence-electron chi connectivity index (χ0n) is 12.8. The highest BCUT2D eigenvalue weighted by Gasteiger charge is 2.13. The summed E-state index contributed by atoms with van der Waals surface area (Å²) in [4.78, 5) is 2.80. The summed E-state index contributed by atoms with van der Waals surface area (Å²) >= 11 is 0. The van der Waals surface area contributed by atoms with Crippen molar-refractivity contribution in [2.75, 3.05) is 26.2 Å². The van der Waals surface area contributed by atoms with E-state index in [1.165, 1.54) is 25.7 Å². The van der Waals surface area contributed by atoms with Crippen LogP contribution in [0.25, 0.3) is 0 Å². The summed E-state index contributed by atoms with van der Waals surface area (Å²) < 4.78 is 26.9. The monoisotopic (exact) mass is 310 g/mol. The fourth-order valence-corrected chi connectivity index (χ4v) is 3.74. The Balaban J connectivity index is 1.75. The molecule has 1 aliphatic rings. The first-order valence-electron chi connectivity index (χ1n) is 7.87. The molecule has 1 heterocycles. The van der Waals surface area contributed by atoms with Crippen LogP contribution in [0, 0.1) is 6.92 Å². The van der Waals surface area contributed by atoms with E-state index in [2.05, 4.69) is 9.62 Å². The van der Waals surface area contributed by atoms with Gasteiger partial charge in [-0.15, -0.1) is 0 Å². The summed E-state index contributed by atoms with van der Waals surface area (Å²) in [6, 6.07) is 6.97. The molecule has 1 aromatic carbocycles. The Labute approximate surface area is 128 Å². The van der Waals surface area contributed by atoms with E-state index in [1.54, 1.807) is 12.1 Å². The molecular formula is C16H26N2O2S. The quantitative estimate of drug-likeness (QED) is 0.822. The van der Waals surface area contributed by atoms with E-state index in [9.17, 15) is 8.42 Å². The minimum absolute atomic E-state index is 0.350. The Kier molecular flexibility index (Phi) is 6.21. The van der Waals surface area contributed by atoms with Crippen LogP contribution in [0.15, 0.2) is 29.2 Å². The van der Waals surface area contributed by atoms with Crippen molar-refractivity contribution in [3.05, 3.63) is 29.8 Å². The molecule has 4 nitrogen and oxygen atoms in total. The zero-order valence-corrected chi connectivity index (χ0v) is 13.7.